The summed E-state index contributed by atoms with van der Waals surface area (Å²) in [5.41, 5.74) is 0. The van der Waals surface area contributed by atoms with Crippen LogP contribution in [-0.2, 0) is 0 Å². The van der Waals surface area contributed by atoms with Gasteiger partial charge in [0.05, 0.1) is 6.10 Å². The van der Waals surface area contributed by atoms with Crippen LogP contribution in [0.1, 0.15) is 12.8 Å². The van der Waals surface area contributed by atoms with Gasteiger partial charge >= 0.3 is 0 Å². The lowest BCUT2D eigenvalue weighted by Gasteiger charge is -2.03. The van der Waals surface area contributed by atoms with Crippen LogP contribution in [0, 0.1) is 0 Å². The molecule has 0 rings (SSSR count). The standard InChI is InChI=1S/C6H12O4/c7-4-3-5(8)1-2-6(9)10/h2,5,7-10H,1,3-4H2. The van der Waals surface area contributed by atoms with Gasteiger partial charge in [0.25, 0.3) is 5.95 Å². The third kappa shape index (κ3) is 5.40. The maximum absolute atomic E-state index is 8.87. The first-order valence-corrected chi connectivity index (χ1v) is 3.04. The van der Waals surface area contributed by atoms with Crippen molar-refractivity contribution in [3.63, 3.8) is 0 Å². The Bertz CT molecular complexity index is 106. The fraction of sp³-hybridized carbons (Fsp3) is 0.667. The van der Waals surface area contributed by atoms with Crippen molar-refractivity contribution < 1.29 is 20.4 Å². The molecule has 60 valence electrons. The first-order valence-electron chi connectivity index (χ1n) is 3.04. The Morgan fingerprint density at radius 3 is 2.40 bits per heavy atom. The maximum Gasteiger partial charge on any atom is 0.269 e. The third-order valence-electron chi connectivity index (χ3n) is 1.03. The van der Waals surface area contributed by atoms with E-state index in [0.717, 1.165) is 6.08 Å². The van der Waals surface area contributed by atoms with E-state index in [0.29, 0.717) is 0 Å². The van der Waals surface area contributed by atoms with Crippen molar-refractivity contribution in [3.05, 3.63) is 12.0 Å². The molecule has 1 atom stereocenters. The minimum absolute atomic E-state index is 0.0960. The van der Waals surface area contributed by atoms with Crippen LogP contribution in [0.4, 0.5) is 0 Å². The number of hydrogen-bond donors (Lipinski definition) is 4. The molecule has 0 saturated carbocycles. The molecule has 4 heteroatoms. The fourth-order valence-corrected chi connectivity index (χ4v) is 0.508. The Hall–Kier alpha value is -0.740. The molecule has 0 aromatic carbocycles. The minimum atomic E-state index is -0.794. The summed E-state index contributed by atoms with van der Waals surface area (Å²) in [5, 5.41) is 33.6. The molecule has 4 nitrogen and oxygen atoms in total. The van der Waals surface area contributed by atoms with Crippen molar-refractivity contribution in [2.45, 2.75) is 18.9 Å². The van der Waals surface area contributed by atoms with Gasteiger partial charge in [-0.1, -0.05) is 0 Å². The summed E-state index contributed by atoms with van der Waals surface area (Å²) < 4.78 is 0. The first-order chi connectivity index (χ1) is 4.66. The van der Waals surface area contributed by atoms with Crippen LogP contribution in [-0.4, -0.2) is 33.1 Å². The van der Waals surface area contributed by atoms with E-state index in [9.17, 15) is 0 Å². The summed E-state index contributed by atoms with van der Waals surface area (Å²) in [5.74, 6) is -0.794. The lowest BCUT2D eigenvalue weighted by Crippen LogP contribution is -2.07. The largest absolute Gasteiger partial charge is 0.481 e. The van der Waals surface area contributed by atoms with E-state index in [1.165, 1.54) is 0 Å². The van der Waals surface area contributed by atoms with Gasteiger partial charge in [0.2, 0.25) is 0 Å². The number of hydrogen-bond acceptors (Lipinski definition) is 4. The van der Waals surface area contributed by atoms with Crippen molar-refractivity contribution in [1.29, 1.82) is 0 Å². The van der Waals surface area contributed by atoms with E-state index in [2.05, 4.69) is 0 Å². The van der Waals surface area contributed by atoms with E-state index >= 15 is 0 Å². The topological polar surface area (TPSA) is 80.9 Å². The Balaban J connectivity index is 3.38. The van der Waals surface area contributed by atoms with E-state index in [1.807, 2.05) is 0 Å². The van der Waals surface area contributed by atoms with Crippen molar-refractivity contribution in [3.8, 4) is 0 Å². The lowest BCUT2D eigenvalue weighted by atomic mass is 10.2. The first kappa shape index (κ1) is 9.26. The SMILES string of the molecule is OCCC(O)CC=C(O)O. The Kier molecular flexibility index (Phi) is 4.70. The zero-order chi connectivity index (χ0) is 7.98. The molecule has 0 aliphatic heterocycles. The normalized spacial score (nSPS) is 12.6. The second kappa shape index (κ2) is 5.08. The Morgan fingerprint density at radius 2 is 2.00 bits per heavy atom. The molecule has 0 spiro atoms. The highest BCUT2D eigenvalue weighted by atomic mass is 16.5. The summed E-state index contributed by atoms with van der Waals surface area (Å²) in [6.07, 6.45) is 0.798. The van der Waals surface area contributed by atoms with Crippen molar-refractivity contribution >= 4 is 0 Å². The van der Waals surface area contributed by atoms with Crippen molar-refractivity contribution in [2.24, 2.45) is 0 Å². The van der Waals surface area contributed by atoms with Gasteiger partial charge in [-0.05, 0) is 18.9 Å². The minimum Gasteiger partial charge on any atom is -0.481 e. The summed E-state index contributed by atoms with van der Waals surface area (Å²) in [4.78, 5) is 0. The summed E-state index contributed by atoms with van der Waals surface area (Å²) in [6, 6.07) is 0. The predicted octanol–water partition coefficient (Wildman–Crippen LogP) is 0.0772. The van der Waals surface area contributed by atoms with Gasteiger partial charge < -0.3 is 20.4 Å². The van der Waals surface area contributed by atoms with E-state index in [-0.39, 0.29) is 19.4 Å². The summed E-state index contributed by atoms with van der Waals surface area (Å²) in [6.45, 7) is -0.0960. The highest BCUT2D eigenvalue weighted by Crippen LogP contribution is 1.98. The quantitative estimate of drug-likeness (QED) is 0.425. The van der Waals surface area contributed by atoms with Gasteiger partial charge in [0.1, 0.15) is 0 Å². The van der Waals surface area contributed by atoms with Gasteiger partial charge in [-0.15, -0.1) is 0 Å². The molecular formula is C6H12O4. The van der Waals surface area contributed by atoms with Crippen molar-refractivity contribution in [2.75, 3.05) is 6.61 Å². The Labute approximate surface area is 59.1 Å². The maximum atomic E-state index is 8.87. The third-order valence-corrected chi connectivity index (χ3v) is 1.03. The van der Waals surface area contributed by atoms with Crippen LogP contribution in [0.25, 0.3) is 0 Å². The van der Waals surface area contributed by atoms with Gasteiger partial charge in [-0.25, -0.2) is 0 Å². The zero-order valence-corrected chi connectivity index (χ0v) is 5.56. The average Bonchev–Trinajstić information content (AvgIpc) is 1.85. The fourth-order valence-electron chi connectivity index (χ4n) is 0.508. The number of rotatable bonds is 4. The van der Waals surface area contributed by atoms with Crippen LogP contribution in [0.15, 0.2) is 12.0 Å². The van der Waals surface area contributed by atoms with Crippen LogP contribution >= 0.6 is 0 Å². The lowest BCUT2D eigenvalue weighted by molar-refractivity contribution is 0.129. The monoisotopic (exact) mass is 148 g/mol. The molecular weight excluding hydrogens is 136 g/mol. The second-order valence-electron chi connectivity index (χ2n) is 1.96. The number of aliphatic hydroxyl groups excluding tert-OH is 3. The molecule has 0 fully saturated rings. The molecule has 1 unspecified atom stereocenters. The van der Waals surface area contributed by atoms with Gasteiger partial charge in [0.15, 0.2) is 0 Å². The van der Waals surface area contributed by atoms with Crippen LogP contribution < -0.4 is 0 Å². The molecule has 0 aromatic heterocycles. The second-order valence-corrected chi connectivity index (χ2v) is 1.96. The molecule has 0 saturated heterocycles. The van der Waals surface area contributed by atoms with Crippen LogP contribution in [0.5, 0.6) is 0 Å². The molecule has 0 heterocycles. The molecule has 10 heavy (non-hydrogen) atoms. The van der Waals surface area contributed by atoms with E-state index in [1.54, 1.807) is 0 Å². The molecule has 0 radical (unpaired) electrons. The highest BCUT2D eigenvalue weighted by Gasteiger charge is 2.00. The Morgan fingerprint density at radius 1 is 1.40 bits per heavy atom. The van der Waals surface area contributed by atoms with Gasteiger partial charge in [0, 0.05) is 6.61 Å². The molecule has 0 aromatic rings. The smallest absolute Gasteiger partial charge is 0.269 e. The molecule has 0 aliphatic carbocycles. The predicted molar refractivity (Wildman–Crippen MR) is 35.7 cm³/mol. The molecule has 4 N–H and O–H groups in total. The van der Waals surface area contributed by atoms with Crippen LogP contribution in [0.3, 0.4) is 0 Å². The summed E-state index contributed by atoms with van der Waals surface area (Å²) >= 11 is 0. The van der Waals surface area contributed by atoms with Crippen LogP contribution in [0.2, 0.25) is 0 Å². The highest BCUT2D eigenvalue weighted by molar-refractivity contribution is 4.81. The number of aliphatic hydroxyl groups is 4. The summed E-state index contributed by atoms with van der Waals surface area (Å²) in [7, 11) is 0. The molecule has 0 amide bonds. The van der Waals surface area contributed by atoms with E-state index in [4.69, 9.17) is 20.4 Å². The molecule has 0 aliphatic rings. The van der Waals surface area contributed by atoms with E-state index < -0.39 is 12.0 Å². The van der Waals surface area contributed by atoms with Crippen molar-refractivity contribution in [1.82, 2.24) is 0 Å². The van der Waals surface area contributed by atoms with Gasteiger partial charge in [-0.2, -0.15) is 0 Å². The molecule has 0 bridgehead atoms. The zero-order valence-electron chi connectivity index (χ0n) is 5.56. The van der Waals surface area contributed by atoms with Gasteiger partial charge in [-0.3, -0.25) is 0 Å². The average molecular weight is 148 g/mol.